The van der Waals surface area contributed by atoms with E-state index in [0.717, 1.165) is 6.29 Å². The van der Waals surface area contributed by atoms with Crippen molar-refractivity contribution in [1.29, 1.82) is 0 Å². The fraction of sp³-hybridized carbons (Fsp3) is 0.143. The van der Waals surface area contributed by atoms with Crippen molar-refractivity contribution in [1.82, 2.24) is 4.57 Å². The van der Waals surface area contributed by atoms with Crippen LogP contribution in [0.5, 0.6) is 0 Å². The van der Waals surface area contributed by atoms with Crippen LogP contribution in [0.1, 0.15) is 16.9 Å². The third-order valence-electron chi connectivity index (χ3n) is 3.00. The molecule has 0 saturated carbocycles. The molecule has 1 aromatic carbocycles. The predicted molar refractivity (Wildman–Crippen MR) is 83.9 cm³/mol. The number of nitro groups is 1. The van der Waals surface area contributed by atoms with Crippen LogP contribution < -0.4 is 5.32 Å². The molecule has 0 spiro atoms. The normalized spacial score (nSPS) is 10.2. The highest BCUT2D eigenvalue weighted by Gasteiger charge is 2.12. The van der Waals surface area contributed by atoms with Crippen LogP contribution in [0, 0.1) is 10.1 Å². The standard InChI is InChI=1S/C14H12BrN3O4/c15-12-4-3-10(18(21)22)8-13(12)16-14(20)5-7-17-6-1-2-11(17)9-19/h1-4,6,8-9H,5,7H2,(H,16,20). The first kappa shape index (κ1) is 15.9. The fourth-order valence-electron chi connectivity index (χ4n) is 1.90. The van der Waals surface area contributed by atoms with Gasteiger partial charge in [0.25, 0.3) is 5.69 Å². The molecular formula is C14H12BrN3O4. The molecule has 0 aliphatic carbocycles. The molecule has 7 nitrogen and oxygen atoms in total. The van der Waals surface area contributed by atoms with Gasteiger partial charge in [-0.2, -0.15) is 0 Å². The number of aryl methyl sites for hydroxylation is 1. The Kier molecular flexibility index (Phi) is 5.05. The molecule has 0 atom stereocenters. The Bertz CT molecular complexity index is 727. The molecule has 22 heavy (non-hydrogen) atoms. The highest BCUT2D eigenvalue weighted by Crippen LogP contribution is 2.27. The van der Waals surface area contributed by atoms with Gasteiger partial charge in [-0.15, -0.1) is 0 Å². The Morgan fingerprint density at radius 1 is 1.41 bits per heavy atom. The summed E-state index contributed by atoms with van der Waals surface area (Å²) in [6.45, 7) is 0.347. The molecule has 1 heterocycles. The number of nitrogens with zero attached hydrogens (tertiary/aromatic N) is 2. The summed E-state index contributed by atoms with van der Waals surface area (Å²) in [6.07, 6.45) is 2.57. The van der Waals surface area contributed by atoms with Crippen molar-refractivity contribution in [2.75, 3.05) is 5.32 Å². The van der Waals surface area contributed by atoms with Crippen molar-refractivity contribution >= 4 is 39.5 Å². The Morgan fingerprint density at radius 2 is 2.18 bits per heavy atom. The van der Waals surface area contributed by atoms with Crippen molar-refractivity contribution in [3.05, 3.63) is 56.8 Å². The quantitative estimate of drug-likeness (QED) is 0.483. The highest BCUT2D eigenvalue weighted by molar-refractivity contribution is 9.10. The summed E-state index contributed by atoms with van der Waals surface area (Å²) in [5.41, 5.74) is 0.721. The zero-order valence-corrected chi connectivity index (χ0v) is 12.9. The number of aldehydes is 1. The van der Waals surface area contributed by atoms with E-state index >= 15 is 0 Å². The van der Waals surface area contributed by atoms with Crippen molar-refractivity contribution in [2.45, 2.75) is 13.0 Å². The van der Waals surface area contributed by atoms with Crippen molar-refractivity contribution < 1.29 is 14.5 Å². The molecule has 1 aromatic heterocycles. The van der Waals surface area contributed by atoms with Crippen LogP contribution in [0.2, 0.25) is 0 Å². The lowest BCUT2D eigenvalue weighted by molar-refractivity contribution is -0.384. The van der Waals surface area contributed by atoms with Crippen molar-refractivity contribution in [3.8, 4) is 0 Å². The molecule has 0 saturated heterocycles. The van der Waals surface area contributed by atoms with Crippen LogP contribution in [0.15, 0.2) is 41.0 Å². The number of nitrogens with one attached hydrogen (secondary N) is 1. The van der Waals surface area contributed by atoms with Gasteiger partial charge in [-0.1, -0.05) is 0 Å². The Labute approximate surface area is 134 Å². The minimum atomic E-state index is -0.529. The SMILES string of the molecule is O=Cc1cccn1CCC(=O)Nc1cc([N+](=O)[O-])ccc1Br. The average molecular weight is 366 g/mol. The number of carbonyl (C=O) groups excluding carboxylic acids is 2. The zero-order chi connectivity index (χ0) is 16.1. The summed E-state index contributed by atoms with van der Waals surface area (Å²) in [7, 11) is 0. The second-order valence-electron chi connectivity index (χ2n) is 4.46. The Balaban J connectivity index is 2.01. The van der Waals surface area contributed by atoms with Crippen LogP contribution in [-0.2, 0) is 11.3 Å². The molecule has 114 valence electrons. The minimum absolute atomic E-state index is 0.104. The molecule has 2 rings (SSSR count). The molecule has 0 bridgehead atoms. The van der Waals surface area contributed by atoms with Gasteiger partial charge in [0, 0.05) is 35.8 Å². The van der Waals surface area contributed by atoms with Crippen molar-refractivity contribution in [3.63, 3.8) is 0 Å². The molecular weight excluding hydrogens is 354 g/mol. The maximum atomic E-state index is 11.9. The minimum Gasteiger partial charge on any atom is -0.345 e. The van der Waals surface area contributed by atoms with E-state index in [0.29, 0.717) is 22.4 Å². The summed E-state index contributed by atoms with van der Waals surface area (Å²) in [6, 6.07) is 7.51. The van der Waals surface area contributed by atoms with E-state index in [4.69, 9.17) is 0 Å². The number of aromatic nitrogens is 1. The fourth-order valence-corrected chi connectivity index (χ4v) is 2.24. The zero-order valence-electron chi connectivity index (χ0n) is 11.4. The van der Waals surface area contributed by atoms with E-state index in [1.54, 1.807) is 22.9 Å². The summed E-state index contributed by atoms with van der Waals surface area (Å²) >= 11 is 3.23. The lowest BCUT2D eigenvalue weighted by atomic mass is 10.2. The predicted octanol–water partition coefficient (Wildman–Crippen LogP) is 3.00. The van der Waals surface area contributed by atoms with Gasteiger partial charge in [0.15, 0.2) is 6.29 Å². The number of hydrogen-bond acceptors (Lipinski definition) is 4. The monoisotopic (exact) mass is 365 g/mol. The summed E-state index contributed by atoms with van der Waals surface area (Å²) in [4.78, 5) is 32.9. The number of rotatable bonds is 6. The maximum Gasteiger partial charge on any atom is 0.271 e. The van der Waals surface area contributed by atoms with Gasteiger partial charge in [0.2, 0.25) is 5.91 Å². The Hall–Kier alpha value is -2.48. The van der Waals surface area contributed by atoms with Crippen LogP contribution in [0.25, 0.3) is 0 Å². The van der Waals surface area contributed by atoms with Gasteiger partial charge in [0.1, 0.15) is 0 Å². The van der Waals surface area contributed by atoms with E-state index in [9.17, 15) is 19.7 Å². The van der Waals surface area contributed by atoms with Gasteiger partial charge in [-0.3, -0.25) is 19.7 Å². The van der Waals surface area contributed by atoms with Crippen LogP contribution in [0.4, 0.5) is 11.4 Å². The second-order valence-corrected chi connectivity index (χ2v) is 5.32. The maximum absolute atomic E-state index is 11.9. The van der Waals surface area contributed by atoms with Gasteiger partial charge in [0.05, 0.1) is 16.3 Å². The lowest BCUT2D eigenvalue weighted by Gasteiger charge is -2.08. The van der Waals surface area contributed by atoms with E-state index in [1.807, 2.05) is 0 Å². The Morgan fingerprint density at radius 3 is 2.86 bits per heavy atom. The smallest absolute Gasteiger partial charge is 0.271 e. The molecule has 0 fully saturated rings. The number of carbonyl (C=O) groups is 2. The first-order valence-electron chi connectivity index (χ1n) is 6.35. The van der Waals surface area contributed by atoms with Gasteiger partial charge < -0.3 is 9.88 Å². The largest absolute Gasteiger partial charge is 0.345 e. The van der Waals surface area contributed by atoms with E-state index in [1.165, 1.54) is 18.2 Å². The van der Waals surface area contributed by atoms with Gasteiger partial charge in [-0.25, -0.2) is 0 Å². The first-order valence-corrected chi connectivity index (χ1v) is 7.14. The second kappa shape index (κ2) is 6.99. The lowest BCUT2D eigenvalue weighted by Crippen LogP contribution is -2.15. The van der Waals surface area contributed by atoms with Crippen LogP contribution in [-0.4, -0.2) is 21.7 Å². The number of halogens is 1. The molecule has 0 aliphatic rings. The number of benzene rings is 1. The highest BCUT2D eigenvalue weighted by atomic mass is 79.9. The summed E-state index contributed by atoms with van der Waals surface area (Å²) in [5, 5.41) is 13.4. The number of anilines is 1. The molecule has 8 heteroatoms. The number of nitro benzene ring substituents is 1. The number of hydrogen-bond donors (Lipinski definition) is 1. The third-order valence-corrected chi connectivity index (χ3v) is 3.69. The first-order chi connectivity index (χ1) is 10.5. The molecule has 0 unspecified atom stereocenters. The molecule has 1 N–H and O–H groups in total. The van der Waals surface area contributed by atoms with Crippen LogP contribution in [0.3, 0.4) is 0 Å². The van der Waals surface area contributed by atoms with E-state index in [2.05, 4.69) is 21.2 Å². The van der Waals surface area contributed by atoms with Crippen molar-refractivity contribution in [2.24, 2.45) is 0 Å². The summed E-state index contributed by atoms with van der Waals surface area (Å²) in [5.74, 6) is -0.299. The third kappa shape index (κ3) is 3.79. The van der Waals surface area contributed by atoms with E-state index < -0.39 is 4.92 Å². The molecule has 2 aromatic rings. The molecule has 0 radical (unpaired) electrons. The van der Waals surface area contributed by atoms with Crippen LogP contribution >= 0.6 is 15.9 Å². The number of amides is 1. The van der Waals surface area contributed by atoms with Gasteiger partial charge in [-0.05, 0) is 34.1 Å². The average Bonchev–Trinajstić information content (AvgIpc) is 2.94. The van der Waals surface area contributed by atoms with E-state index in [-0.39, 0.29) is 18.0 Å². The summed E-state index contributed by atoms with van der Waals surface area (Å²) < 4.78 is 2.22. The molecule has 0 aliphatic heterocycles. The molecule has 1 amide bonds. The number of non-ortho nitro benzene ring substituents is 1. The van der Waals surface area contributed by atoms with Gasteiger partial charge >= 0.3 is 0 Å². The topological polar surface area (TPSA) is 94.2 Å².